The van der Waals surface area contributed by atoms with E-state index in [1.54, 1.807) is 12.1 Å². The van der Waals surface area contributed by atoms with Crippen LogP contribution in [0.25, 0.3) is 0 Å². The van der Waals surface area contributed by atoms with E-state index in [4.69, 9.17) is 11.6 Å². The summed E-state index contributed by atoms with van der Waals surface area (Å²) in [6, 6.07) is 12.6. The van der Waals surface area contributed by atoms with Gasteiger partial charge in [0.1, 0.15) is 5.82 Å². The van der Waals surface area contributed by atoms with Gasteiger partial charge in [-0.05, 0) is 58.2 Å². The summed E-state index contributed by atoms with van der Waals surface area (Å²) in [5.41, 5.74) is 1.97. The highest BCUT2D eigenvalue weighted by Gasteiger charge is 2.16. The van der Waals surface area contributed by atoms with E-state index in [1.807, 2.05) is 31.2 Å². The predicted molar refractivity (Wildman–Crippen MR) is 85.7 cm³/mol. The lowest BCUT2D eigenvalue weighted by Crippen LogP contribution is -2.23. The predicted octanol–water partition coefficient (Wildman–Crippen LogP) is 5.13. The maximum atomic E-state index is 13.3. The van der Waals surface area contributed by atoms with Crippen molar-refractivity contribution in [2.24, 2.45) is 0 Å². The second kappa shape index (κ2) is 7.21. The maximum Gasteiger partial charge on any atom is 0.123 e. The second-order valence-corrected chi connectivity index (χ2v) is 5.82. The zero-order valence-electron chi connectivity index (χ0n) is 11.2. The van der Waals surface area contributed by atoms with E-state index in [0.29, 0.717) is 11.4 Å². The van der Waals surface area contributed by atoms with Gasteiger partial charge in [-0.2, -0.15) is 0 Å². The number of benzene rings is 2. The van der Waals surface area contributed by atoms with Crippen molar-refractivity contribution in [3.63, 3.8) is 0 Å². The Morgan fingerprint density at radius 1 is 1.25 bits per heavy atom. The Labute approximate surface area is 132 Å². The monoisotopic (exact) mass is 355 g/mol. The number of nitrogens with one attached hydrogen (secondary N) is 1. The summed E-state index contributed by atoms with van der Waals surface area (Å²) < 4.78 is 14.2. The van der Waals surface area contributed by atoms with Crippen LogP contribution in [-0.2, 0) is 6.42 Å². The van der Waals surface area contributed by atoms with Gasteiger partial charge in [-0.3, -0.25) is 0 Å². The molecule has 0 radical (unpaired) electrons. The first-order valence-corrected chi connectivity index (χ1v) is 7.70. The van der Waals surface area contributed by atoms with E-state index in [2.05, 4.69) is 21.2 Å². The molecule has 2 aromatic rings. The molecule has 1 N–H and O–H groups in total. The molecule has 0 saturated heterocycles. The smallest absolute Gasteiger partial charge is 0.123 e. The largest absolute Gasteiger partial charge is 0.310 e. The molecule has 4 heteroatoms. The number of hydrogen-bond donors (Lipinski definition) is 1. The zero-order chi connectivity index (χ0) is 14.5. The van der Waals surface area contributed by atoms with Crippen molar-refractivity contribution in [2.75, 3.05) is 6.54 Å². The van der Waals surface area contributed by atoms with Crippen molar-refractivity contribution >= 4 is 27.5 Å². The standard InChI is InChI=1S/C16H16BrClFN/c1-2-20-15(10-11-5-3-6-12(19)9-11)13-7-4-8-14(17)16(13)18/h3-9,15,20H,2,10H2,1H3. The lowest BCUT2D eigenvalue weighted by molar-refractivity contribution is 0.546. The Kier molecular flexibility index (Phi) is 5.58. The summed E-state index contributed by atoms with van der Waals surface area (Å²) in [5.74, 6) is -0.210. The average molecular weight is 357 g/mol. The highest BCUT2D eigenvalue weighted by molar-refractivity contribution is 9.10. The Bertz CT molecular complexity index is 588. The van der Waals surface area contributed by atoms with Crippen LogP contribution >= 0.6 is 27.5 Å². The van der Waals surface area contributed by atoms with Crippen molar-refractivity contribution < 1.29 is 4.39 Å². The summed E-state index contributed by atoms with van der Waals surface area (Å²) >= 11 is 9.80. The molecule has 2 rings (SSSR count). The fraction of sp³-hybridized carbons (Fsp3) is 0.250. The zero-order valence-corrected chi connectivity index (χ0v) is 13.5. The highest BCUT2D eigenvalue weighted by Crippen LogP contribution is 2.31. The van der Waals surface area contributed by atoms with E-state index < -0.39 is 0 Å². The Hall–Kier alpha value is -0.900. The molecular weight excluding hydrogens is 341 g/mol. The summed E-state index contributed by atoms with van der Waals surface area (Å²) in [7, 11) is 0. The van der Waals surface area contributed by atoms with Gasteiger partial charge in [-0.25, -0.2) is 4.39 Å². The van der Waals surface area contributed by atoms with Crippen LogP contribution in [0.15, 0.2) is 46.9 Å². The van der Waals surface area contributed by atoms with E-state index in [-0.39, 0.29) is 11.9 Å². The van der Waals surface area contributed by atoms with Crippen LogP contribution in [0.5, 0.6) is 0 Å². The second-order valence-electron chi connectivity index (χ2n) is 4.59. The van der Waals surface area contributed by atoms with E-state index in [9.17, 15) is 4.39 Å². The molecule has 106 valence electrons. The molecule has 0 bridgehead atoms. The Morgan fingerprint density at radius 3 is 2.70 bits per heavy atom. The van der Waals surface area contributed by atoms with Gasteiger partial charge >= 0.3 is 0 Å². The summed E-state index contributed by atoms with van der Waals surface area (Å²) in [6.07, 6.45) is 0.696. The van der Waals surface area contributed by atoms with Crippen LogP contribution in [-0.4, -0.2) is 6.54 Å². The maximum absolute atomic E-state index is 13.3. The molecule has 0 aliphatic heterocycles. The number of hydrogen-bond acceptors (Lipinski definition) is 1. The van der Waals surface area contributed by atoms with Crippen LogP contribution in [0.2, 0.25) is 5.02 Å². The van der Waals surface area contributed by atoms with Gasteiger partial charge in [0, 0.05) is 10.5 Å². The van der Waals surface area contributed by atoms with Crippen molar-refractivity contribution in [3.05, 3.63) is 68.9 Å². The van der Waals surface area contributed by atoms with Gasteiger partial charge < -0.3 is 5.32 Å². The third-order valence-corrected chi connectivity index (χ3v) is 4.45. The van der Waals surface area contributed by atoms with E-state index in [0.717, 1.165) is 22.1 Å². The Balaban J connectivity index is 2.29. The first-order chi connectivity index (χ1) is 9.61. The molecule has 0 spiro atoms. The number of halogens is 3. The number of likely N-dealkylation sites (N-methyl/N-ethyl adjacent to an activating group) is 1. The lowest BCUT2D eigenvalue weighted by atomic mass is 9.98. The van der Waals surface area contributed by atoms with Crippen LogP contribution < -0.4 is 5.32 Å². The SMILES string of the molecule is CCNC(Cc1cccc(F)c1)c1cccc(Br)c1Cl. The average Bonchev–Trinajstić information content (AvgIpc) is 2.42. The summed E-state index contributed by atoms with van der Waals surface area (Å²) in [5, 5.41) is 4.11. The topological polar surface area (TPSA) is 12.0 Å². The normalized spacial score (nSPS) is 12.4. The molecule has 0 heterocycles. The molecule has 0 fully saturated rings. The third kappa shape index (κ3) is 3.81. The minimum atomic E-state index is -0.210. The molecular formula is C16H16BrClFN. The van der Waals surface area contributed by atoms with Gasteiger partial charge in [0.05, 0.1) is 5.02 Å². The lowest BCUT2D eigenvalue weighted by Gasteiger charge is -2.20. The number of rotatable bonds is 5. The molecule has 0 aliphatic rings. The van der Waals surface area contributed by atoms with Crippen molar-refractivity contribution in [1.82, 2.24) is 5.32 Å². The summed E-state index contributed by atoms with van der Waals surface area (Å²) in [6.45, 7) is 2.87. The molecule has 0 aromatic heterocycles. The molecule has 20 heavy (non-hydrogen) atoms. The van der Waals surface area contributed by atoms with Crippen molar-refractivity contribution in [2.45, 2.75) is 19.4 Å². The molecule has 2 aromatic carbocycles. The van der Waals surface area contributed by atoms with Crippen LogP contribution in [0.1, 0.15) is 24.1 Å². The fourth-order valence-electron chi connectivity index (χ4n) is 2.23. The minimum absolute atomic E-state index is 0.0619. The van der Waals surface area contributed by atoms with Crippen LogP contribution in [0.4, 0.5) is 4.39 Å². The van der Waals surface area contributed by atoms with Crippen LogP contribution in [0.3, 0.4) is 0 Å². The van der Waals surface area contributed by atoms with Crippen molar-refractivity contribution in [3.8, 4) is 0 Å². The first kappa shape index (κ1) is 15.5. The Morgan fingerprint density at radius 2 is 2.00 bits per heavy atom. The molecule has 0 amide bonds. The molecule has 1 nitrogen and oxygen atoms in total. The highest BCUT2D eigenvalue weighted by atomic mass is 79.9. The van der Waals surface area contributed by atoms with Gasteiger partial charge in [0.25, 0.3) is 0 Å². The fourth-order valence-corrected chi connectivity index (χ4v) is 2.87. The minimum Gasteiger partial charge on any atom is -0.310 e. The van der Waals surface area contributed by atoms with Crippen molar-refractivity contribution in [1.29, 1.82) is 0 Å². The third-order valence-electron chi connectivity index (χ3n) is 3.14. The summed E-state index contributed by atoms with van der Waals surface area (Å²) in [4.78, 5) is 0. The molecule has 0 aliphatic carbocycles. The van der Waals surface area contributed by atoms with Gasteiger partial charge in [0.15, 0.2) is 0 Å². The quantitative estimate of drug-likeness (QED) is 0.782. The van der Waals surface area contributed by atoms with E-state index in [1.165, 1.54) is 6.07 Å². The molecule has 1 unspecified atom stereocenters. The first-order valence-electron chi connectivity index (χ1n) is 6.53. The molecule has 1 atom stereocenters. The van der Waals surface area contributed by atoms with Crippen LogP contribution in [0, 0.1) is 5.82 Å². The van der Waals surface area contributed by atoms with Gasteiger partial charge in [0.2, 0.25) is 0 Å². The molecule has 0 saturated carbocycles. The van der Waals surface area contributed by atoms with Gasteiger partial charge in [-0.1, -0.05) is 42.8 Å². The van der Waals surface area contributed by atoms with Gasteiger partial charge in [-0.15, -0.1) is 0 Å². The van der Waals surface area contributed by atoms with E-state index >= 15 is 0 Å².